The standard InChI is InChI=1S/C20H31N5O/c1-14-18(15(2)24-23-14)9-22-19(26)20-12-21-8-17(20)11-25(13-20)10-16-6-4-3-5-7-16/h3-7,14-15,17-18,21,23-24H,8-13H2,1-2H3,(H,22,26)/t14?,15?,17-,18?,20-/m1/s1. The largest absolute Gasteiger partial charge is 0.355 e. The summed E-state index contributed by atoms with van der Waals surface area (Å²) in [5, 5.41) is 6.75. The van der Waals surface area contributed by atoms with Crippen LogP contribution in [0.4, 0.5) is 0 Å². The van der Waals surface area contributed by atoms with Gasteiger partial charge in [-0.05, 0) is 19.4 Å². The fraction of sp³-hybridized carbons (Fsp3) is 0.650. The Hall–Kier alpha value is -1.47. The summed E-state index contributed by atoms with van der Waals surface area (Å²) < 4.78 is 0. The second kappa shape index (κ2) is 7.27. The number of carbonyl (C=O) groups excluding carboxylic acids is 1. The first-order valence-electron chi connectivity index (χ1n) is 9.85. The van der Waals surface area contributed by atoms with Gasteiger partial charge in [-0.15, -0.1) is 0 Å². The fourth-order valence-corrected chi connectivity index (χ4v) is 4.96. The Balaban J connectivity index is 1.40. The summed E-state index contributed by atoms with van der Waals surface area (Å²) >= 11 is 0. The van der Waals surface area contributed by atoms with Crippen LogP contribution in [0.5, 0.6) is 0 Å². The van der Waals surface area contributed by atoms with E-state index in [0.29, 0.717) is 23.9 Å². The van der Waals surface area contributed by atoms with Gasteiger partial charge in [-0.25, -0.2) is 0 Å². The predicted molar refractivity (Wildman–Crippen MR) is 102 cm³/mol. The number of fused-ring (bicyclic) bond motifs is 1. The number of benzene rings is 1. The van der Waals surface area contributed by atoms with Crippen molar-refractivity contribution in [3.05, 3.63) is 35.9 Å². The first kappa shape index (κ1) is 17.9. The second-order valence-electron chi connectivity index (χ2n) is 8.38. The lowest BCUT2D eigenvalue weighted by Gasteiger charge is -2.28. The smallest absolute Gasteiger partial charge is 0.229 e. The molecule has 4 rings (SSSR count). The first-order valence-corrected chi connectivity index (χ1v) is 9.85. The van der Waals surface area contributed by atoms with Crippen LogP contribution in [-0.2, 0) is 11.3 Å². The maximum atomic E-state index is 13.2. The van der Waals surface area contributed by atoms with Gasteiger partial charge >= 0.3 is 0 Å². The maximum absolute atomic E-state index is 13.2. The summed E-state index contributed by atoms with van der Waals surface area (Å²) in [6.07, 6.45) is 0. The highest BCUT2D eigenvalue weighted by atomic mass is 16.2. The van der Waals surface area contributed by atoms with Crippen molar-refractivity contribution in [1.29, 1.82) is 0 Å². The molecule has 3 aliphatic rings. The van der Waals surface area contributed by atoms with Crippen LogP contribution in [0.15, 0.2) is 30.3 Å². The molecule has 0 aromatic heterocycles. The van der Waals surface area contributed by atoms with Crippen molar-refractivity contribution in [1.82, 2.24) is 26.4 Å². The molecule has 2 unspecified atom stereocenters. The van der Waals surface area contributed by atoms with Crippen molar-refractivity contribution in [3.63, 3.8) is 0 Å². The van der Waals surface area contributed by atoms with Gasteiger partial charge in [0.1, 0.15) is 0 Å². The van der Waals surface area contributed by atoms with E-state index in [1.165, 1.54) is 5.56 Å². The zero-order chi connectivity index (χ0) is 18.1. The Morgan fingerprint density at radius 3 is 2.69 bits per heavy atom. The number of hydrazine groups is 1. The third kappa shape index (κ3) is 3.27. The normalized spacial score (nSPS) is 37.0. The highest BCUT2D eigenvalue weighted by molar-refractivity contribution is 5.84. The summed E-state index contributed by atoms with van der Waals surface area (Å²) in [5.41, 5.74) is 7.58. The van der Waals surface area contributed by atoms with Crippen LogP contribution in [0.1, 0.15) is 19.4 Å². The number of nitrogens with zero attached hydrogens (tertiary/aromatic N) is 1. The van der Waals surface area contributed by atoms with E-state index >= 15 is 0 Å². The molecule has 6 heteroatoms. The van der Waals surface area contributed by atoms with Crippen molar-refractivity contribution >= 4 is 5.91 Å². The van der Waals surface area contributed by atoms with Crippen LogP contribution in [-0.4, -0.2) is 55.6 Å². The number of nitrogens with one attached hydrogen (secondary N) is 4. The van der Waals surface area contributed by atoms with Crippen molar-refractivity contribution in [2.45, 2.75) is 32.5 Å². The van der Waals surface area contributed by atoms with Crippen LogP contribution in [0.3, 0.4) is 0 Å². The highest BCUT2D eigenvalue weighted by Crippen LogP contribution is 2.39. The molecule has 4 N–H and O–H groups in total. The summed E-state index contributed by atoms with van der Waals surface area (Å²) in [4.78, 5) is 15.6. The van der Waals surface area contributed by atoms with E-state index in [1.54, 1.807) is 0 Å². The molecule has 1 aromatic rings. The molecule has 1 aromatic carbocycles. The summed E-state index contributed by atoms with van der Waals surface area (Å²) in [7, 11) is 0. The van der Waals surface area contributed by atoms with Gasteiger partial charge in [0.25, 0.3) is 0 Å². The van der Waals surface area contributed by atoms with Crippen LogP contribution < -0.4 is 21.5 Å². The van der Waals surface area contributed by atoms with Crippen LogP contribution in [0.25, 0.3) is 0 Å². The van der Waals surface area contributed by atoms with E-state index in [9.17, 15) is 4.79 Å². The number of carbonyl (C=O) groups is 1. The molecule has 0 spiro atoms. The summed E-state index contributed by atoms with van der Waals surface area (Å²) in [5.74, 6) is 1.06. The van der Waals surface area contributed by atoms with E-state index in [1.807, 2.05) is 0 Å². The minimum Gasteiger partial charge on any atom is -0.355 e. The molecule has 6 nitrogen and oxygen atoms in total. The lowest BCUT2D eigenvalue weighted by atomic mass is 9.80. The molecular weight excluding hydrogens is 326 g/mol. The lowest BCUT2D eigenvalue weighted by molar-refractivity contribution is -0.131. The topological polar surface area (TPSA) is 68.4 Å². The Kier molecular flexibility index (Phi) is 5.01. The Labute approximate surface area is 156 Å². The number of likely N-dealkylation sites (tertiary alicyclic amines) is 1. The molecule has 3 heterocycles. The van der Waals surface area contributed by atoms with E-state index in [0.717, 1.165) is 39.3 Å². The average Bonchev–Trinajstić information content (AvgIpc) is 3.27. The first-order chi connectivity index (χ1) is 12.6. The minimum atomic E-state index is -0.277. The minimum absolute atomic E-state index is 0.231. The zero-order valence-electron chi connectivity index (χ0n) is 15.8. The van der Waals surface area contributed by atoms with Gasteiger partial charge in [-0.3, -0.25) is 20.5 Å². The van der Waals surface area contributed by atoms with Gasteiger partial charge in [0, 0.05) is 63.2 Å². The fourth-order valence-electron chi connectivity index (χ4n) is 4.96. The molecule has 0 radical (unpaired) electrons. The quantitative estimate of drug-likeness (QED) is 0.611. The van der Waals surface area contributed by atoms with Gasteiger partial charge in [-0.1, -0.05) is 30.3 Å². The van der Waals surface area contributed by atoms with E-state index in [-0.39, 0.29) is 11.3 Å². The molecule has 0 bridgehead atoms. The van der Waals surface area contributed by atoms with Crippen molar-refractivity contribution < 1.29 is 4.79 Å². The van der Waals surface area contributed by atoms with E-state index in [4.69, 9.17) is 0 Å². The van der Waals surface area contributed by atoms with E-state index in [2.05, 4.69) is 70.6 Å². The van der Waals surface area contributed by atoms with Gasteiger partial charge in [0.2, 0.25) is 5.91 Å². The Morgan fingerprint density at radius 1 is 1.23 bits per heavy atom. The molecular formula is C20H31N5O. The summed E-state index contributed by atoms with van der Waals surface area (Å²) in [6.45, 7) is 9.57. The lowest BCUT2D eigenvalue weighted by Crippen LogP contribution is -2.49. The molecule has 3 saturated heterocycles. The molecule has 4 atom stereocenters. The van der Waals surface area contributed by atoms with Crippen molar-refractivity contribution in [3.8, 4) is 0 Å². The van der Waals surface area contributed by atoms with E-state index < -0.39 is 0 Å². The molecule has 0 aliphatic carbocycles. The maximum Gasteiger partial charge on any atom is 0.229 e. The van der Waals surface area contributed by atoms with Gasteiger partial charge in [0.05, 0.1) is 5.41 Å². The number of rotatable bonds is 5. The SMILES string of the molecule is CC1NNC(C)C1CNC(=O)[C@@]12CNC[C@@H]1CN(Cc1ccccc1)C2. The molecule has 142 valence electrons. The zero-order valence-corrected chi connectivity index (χ0v) is 15.8. The summed E-state index contributed by atoms with van der Waals surface area (Å²) in [6, 6.07) is 11.3. The van der Waals surface area contributed by atoms with Crippen LogP contribution in [0, 0.1) is 17.3 Å². The molecule has 26 heavy (non-hydrogen) atoms. The Bertz CT molecular complexity index is 628. The van der Waals surface area contributed by atoms with Gasteiger partial charge in [0.15, 0.2) is 0 Å². The van der Waals surface area contributed by atoms with Crippen LogP contribution in [0.2, 0.25) is 0 Å². The average molecular weight is 358 g/mol. The molecule has 1 amide bonds. The van der Waals surface area contributed by atoms with Gasteiger partial charge < -0.3 is 10.6 Å². The number of hydrogen-bond donors (Lipinski definition) is 4. The molecule has 0 saturated carbocycles. The van der Waals surface area contributed by atoms with Crippen LogP contribution >= 0.6 is 0 Å². The third-order valence-corrected chi connectivity index (χ3v) is 6.62. The highest BCUT2D eigenvalue weighted by Gasteiger charge is 2.54. The monoisotopic (exact) mass is 357 g/mol. The predicted octanol–water partition coefficient (Wildman–Crippen LogP) is 0.325. The number of hydrogen-bond acceptors (Lipinski definition) is 5. The molecule has 3 aliphatic heterocycles. The van der Waals surface area contributed by atoms with Crippen molar-refractivity contribution in [2.24, 2.45) is 17.3 Å². The van der Waals surface area contributed by atoms with Crippen molar-refractivity contribution in [2.75, 3.05) is 32.7 Å². The number of amides is 1. The van der Waals surface area contributed by atoms with Gasteiger partial charge in [-0.2, -0.15) is 0 Å². The Morgan fingerprint density at radius 2 is 1.96 bits per heavy atom. The second-order valence-corrected chi connectivity index (χ2v) is 8.38. The third-order valence-electron chi connectivity index (χ3n) is 6.62. The molecule has 3 fully saturated rings.